The number of ketones is 1. The number of allylic oxidation sites excluding steroid dienone is 1. The van der Waals surface area contributed by atoms with E-state index in [0.717, 1.165) is 12.0 Å². The Kier molecular flexibility index (Phi) is 2.91. The summed E-state index contributed by atoms with van der Waals surface area (Å²) in [5.74, 6) is 0.254. The fourth-order valence-electron chi connectivity index (χ4n) is 1.80. The summed E-state index contributed by atoms with van der Waals surface area (Å²) in [5, 5.41) is 0. The summed E-state index contributed by atoms with van der Waals surface area (Å²) >= 11 is 0. The molecule has 0 aromatic heterocycles. The molecule has 1 aliphatic rings. The Balaban J connectivity index is 2.87. The zero-order chi connectivity index (χ0) is 10.1. The number of hydrogen-bond donors (Lipinski definition) is 0. The average molecular weight is 182 g/mol. The van der Waals surface area contributed by atoms with Crippen LogP contribution in [0.5, 0.6) is 0 Å². The van der Waals surface area contributed by atoms with Crippen molar-refractivity contribution >= 4 is 5.78 Å². The summed E-state index contributed by atoms with van der Waals surface area (Å²) in [4.78, 5) is 11.6. The summed E-state index contributed by atoms with van der Waals surface area (Å²) in [6.07, 6.45) is 3.59. The van der Waals surface area contributed by atoms with Crippen LogP contribution in [0.2, 0.25) is 0 Å². The van der Waals surface area contributed by atoms with Crippen molar-refractivity contribution in [2.24, 2.45) is 5.41 Å². The number of Topliss-reactive ketones (excluding diaryl/α,β-unsaturated/α-hetero) is 1. The SMILES string of the molecule is COC1CC=C(C)C(=O)CC1(C)C. The molecular formula is C11H18O2. The lowest BCUT2D eigenvalue weighted by atomic mass is 9.81. The molecule has 1 rings (SSSR count). The Morgan fingerprint density at radius 2 is 2.15 bits per heavy atom. The number of carbonyl (C=O) groups excluding carboxylic acids is 1. The van der Waals surface area contributed by atoms with Crippen LogP contribution in [0.3, 0.4) is 0 Å². The van der Waals surface area contributed by atoms with Crippen LogP contribution in [0.25, 0.3) is 0 Å². The maximum Gasteiger partial charge on any atom is 0.158 e. The van der Waals surface area contributed by atoms with Gasteiger partial charge in [-0.05, 0) is 24.3 Å². The summed E-state index contributed by atoms with van der Waals surface area (Å²) in [7, 11) is 1.71. The van der Waals surface area contributed by atoms with Crippen molar-refractivity contribution in [1.29, 1.82) is 0 Å². The lowest BCUT2D eigenvalue weighted by molar-refractivity contribution is -0.119. The van der Waals surface area contributed by atoms with E-state index >= 15 is 0 Å². The molecule has 1 unspecified atom stereocenters. The van der Waals surface area contributed by atoms with Crippen molar-refractivity contribution in [3.63, 3.8) is 0 Å². The molecular weight excluding hydrogens is 164 g/mol. The van der Waals surface area contributed by atoms with E-state index in [2.05, 4.69) is 13.8 Å². The van der Waals surface area contributed by atoms with E-state index in [0.29, 0.717) is 6.42 Å². The molecule has 0 radical (unpaired) electrons. The van der Waals surface area contributed by atoms with Crippen LogP contribution < -0.4 is 0 Å². The molecule has 13 heavy (non-hydrogen) atoms. The van der Waals surface area contributed by atoms with E-state index in [1.165, 1.54) is 0 Å². The second kappa shape index (κ2) is 3.62. The molecule has 1 atom stereocenters. The number of rotatable bonds is 1. The van der Waals surface area contributed by atoms with Gasteiger partial charge in [-0.2, -0.15) is 0 Å². The fourth-order valence-corrected chi connectivity index (χ4v) is 1.80. The van der Waals surface area contributed by atoms with Crippen LogP contribution in [-0.2, 0) is 9.53 Å². The zero-order valence-electron chi connectivity index (χ0n) is 8.89. The monoisotopic (exact) mass is 182 g/mol. The second-order valence-electron chi connectivity index (χ2n) is 4.44. The van der Waals surface area contributed by atoms with Crippen molar-refractivity contribution in [3.8, 4) is 0 Å². The Morgan fingerprint density at radius 1 is 1.54 bits per heavy atom. The molecule has 0 aliphatic heterocycles. The third-order valence-corrected chi connectivity index (χ3v) is 2.85. The highest BCUT2D eigenvalue weighted by Gasteiger charge is 2.33. The van der Waals surface area contributed by atoms with Crippen molar-refractivity contribution < 1.29 is 9.53 Å². The first kappa shape index (κ1) is 10.5. The average Bonchev–Trinajstić information content (AvgIpc) is 2.11. The molecule has 0 fully saturated rings. The van der Waals surface area contributed by atoms with Gasteiger partial charge in [0.2, 0.25) is 0 Å². The van der Waals surface area contributed by atoms with E-state index in [9.17, 15) is 4.79 Å². The molecule has 0 amide bonds. The minimum Gasteiger partial charge on any atom is -0.381 e. The first-order valence-electron chi connectivity index (χ1n) is 4.70. The minimum atomic E-state index is -0.0416. The van der Waals surface area contributed by atoms with E-state index in [1.807, 2.05) is 13.0 Å². The quantitative estimate of drug-likeness (QED) is 0.622. The molecule has 0 aromatic rings. The van der Waals surface area contributed by atoms with Crippen molar-refractivity contribution in [1.82, 2.24) is 0 Å². The molecule has 0 N–H and O–H groups in total. The third kappa shape index (κ3) is 2.19. The van der Waals surface area contributed by atoms with Gasteiger partial charge in [-0.1, -0.05) is 19.9 Å². The highest BCUT2D eigenvalue weighted by atomic mass is 16.5. The second-order valence-corrected chi connectivity index (χ2v) is 4.44. The fraction of sp³-hybridized carbons (Fsp3) is 0.727. The lowest BCUT2D eigenvalue weighted by Gasteiger charge is -2.30. The Labute approximate surface area is 80.0 Å². The normalized spacial score (nSPS) is 28.2. The standard InChI is InChI=1S/C11H18O2/c1-8-5-6-10(13-4)11(2,3)7-9(8)12/h5,10H,6-7H2,1-4H3. The Bertz CT molecular complexity index is 238. The van der Waals surface area contributed by atoms with Gasteiger partial charge in [0.05, 0.1) is 6.10 Å². The van der Waals surface area contributed by atoms with Gasteiger partial charge in [0.1, 0.15) is 0 Å². The number of carbonyl (C=O) groups is 1. The summed E-state index contributed by atoms with van der Waals surface area (Å²) in [6.45, 7) is 6.06. The van der Waals surface area contributed by atoms with Gasteiger partial charge in [0.15, 0.2) is 5.78 Å². The van der Waals surface area contributed by atoms with Gasteiger partial charge >= 0.3 is 0 Å². The van der Waals surface area contributed by atoms with Crippen molar-refractivity contribution in [3.05, 3.63) is 11.6 Å². The van der Waals surface area contributed by atoms with Gasteiger partial charge < -0.3 is 4.74 Å². The van der Waals surface area contributed by atoms with Gasteiger partial charge in [0, 0.05) is 13.5 Å². The third-order valence-electron chi connectivity index (χ3n) is 2.85. The molecule has 2 nitrogen and oxygen atoms in total. The van der Waals surface area contributed by atoms with Crippen LogP contribution in [0.1, 0.15) is 33.6 Å². The minimum absolute atomic E-state index is 0.0416. The van der Waals surface area contributed by atoms with Crippen LogP contribution >= 0.6 is 0 Å². The maximum atomic E-state index is 11.6. The number of ether oxygens (including phenoxy) is 1. The molecule has 74 valence electrons. The smallest absolute Gasteiger partial charge is 0.158 e. The molecule has 0 spiro atoms. The summed E-state index contributed by atoms with van der Waals surface area (Å²) < 4.78 is 5.39. The van der Waals surface area contributed by atoms with Crippen molar-refractivity contribution in [2.75, 3.05) is 7.11 Å². The molecule has 0 heterocycles. The molecule has 2 heteroatoms. The van der Waals surface area contributed by atoms with Crippen LogP contribution in [0.15, 0.2) is 11.6 Å². The highest BCUT2D eigenvalue weighted by molar-refractivity contribution is 5.95. The molecule has 1 aliphatic carbocycles. The van der Waals surface area contributed by atoms with Crippen molar-refractivity contribution in [2.45, 2.75) is 39.7 Å². The largest absolute Gasteiger partial charge is 0.381 e. The predicted molar refractivity (Wildman–Crippen MR) is 52.6 cm³/mol. The highest BCUT2D eigenvalue weighted by Crippen LogP contribution is 2.33. The summed E-state index contributed by atoms with van der Waals surface area (Å²) in [6, 6.07) is 0. The summed E-state index contributed by atoms with van der Waals surface area (Å²) in [5.41, 5.74) is 0.840. The first-order valence-corrected chi connectivity index (χ1v) is 4.70. The van der Waals surface area contributed by atoms with Gasteiger partial charge in [-0.3, -0.25) is 4.79 Å². The zero-order valence-corrected chi connectivity index (χ0v) is 8.89. The molecule has 0 bridgehead atoms. The Morgan fingerprint density at radius 3 is 2.69 bits per heavy atom. The van der Waals surface area contributed by atoms with Gasteiger partial charge in [0.25, 0.3) is 0 Å². The predicted octanol–water partition coefficient (Wildman–Crippen LogP) is 2.34. The first-order chi connectivity index (χ1) is 5.97. The number of methoxy groups -OCH3 is 1. The van der Waals surface area contributed by atoms with E-state index < -0.39 is 0 Å². The van der Waals surface area contributed by atoms with E-state index in [-0.39, 0.29) is 17.3 Å². The van der Waals surface area contributed by atoms with E-state index in [4.69, 9.17) is 4.74 Å². The van der Waals surface area contributed by atoms with Crippen LogP contribution in [-0.4, -0.2) is 19.0 Å². The van der Waals surface area contributed by atoms with Crippen LogP contribution in [0, 0.1) is 5.41 Å². The molecule has 0 saturated heterocycles. The molecule has 0 aromatic carbocycles. The lowest BCUT2D eigenvalue weighted by Crippen LogP contribution is -2.31. The van der Waals surface area contributed by atoms with Gasteiger partial charge in [-0.25, -0.2) is 0 Å². The van der Waals surface area contributed by atoms with Crippen LogP contribution in [0.4, 0.5) is 0 Å². The molecule has 0 saturated carbocycles. The maximum absolute atomic E-state index is 11.6. The topological polar surface area (TPSA) is 26.3 Å². The Hall–Kier alpha value is -0.630. The number of hydrogen-bond acceptors (Lipinski definition) is 2. The van der Waals surface area contributed by atoms with E-state index in [1.54, 1.807) is 7.11 Å². The van der Waals surface area contributed by atoms with Gasteiger partial charge in [-0.15, -0.1) is 0 Å².